The summed E-state index contributed by atoms with van der Waals surface area (Å²) in [7, 11) is 0. The second-order valence-electron chi connectivity index (χ2n) is 3.49. The molecule has 84 valence electrons. The Kier molecular flexibility index (Phi) is 3.53. The maximum atomic E-state index is 11.5. The van der Waals surface area contributed by atoms with Gasteiger partial charge < -0.3 is 10.5 Å². The van der Waals surface area contributed by atoms with E-state index in [9.17, 15) is 4.79 Å². The van der Waals surface area contributed by atoms with E-state index >= 15 is 0 Å². The summed E-state index contributed by atoms with van der Waals surface area (Å²) >= 11 is 1.45. The highest BCUT2D eigenvalue weighted by molar-refractivity contribution is 7.06. The topological polar surface area (TPSA) is 60.5 Å². The number of hydrogen-bond acceptors (Lipinski definition) is 5. The molecule has 1 fully saturated rings. The molecule has 0 unspecified atom stereocenters. The number of nitrogens with two attached hydrogens (primary N) is 1. The highest BCUT2D eigenvalue weighted by Crippen LogP contribution is 2.06. The minimum Gasteiger partial charge on any atom is -0.379 e. The molecule has 1 aliphatic heterocycles. The van der Waals surface area contributed by atoms with Gasteiger partial charge in [0.2, 0.25) is 0 Å². The second-order valence-corrected chi connectivity index (χ2v) is 4.64. The molecule has 0 amide bonds. The van der Waals surface area contributed by atoms with Gasteiger partial charge in [-0.15, -0.1) is 0 Å². The van der Waals surface area contributed by atoms with Gasteiger partial charge in [-0.3, -0.25) is 9.69 Å². The minimum atomic E-state index is 0.0481. The highest BCUT2D eigenvalue weighted by Gasteiger charge is 2.12. The summed E-state index contributed by atoms with van der Waals surface area (Å²) in [6.45, 7) is 4.39. The molecule has 6 heteroatoms. The van der Waals surface area contributed by atoms with Gasteiger partial charge in [0.25, 0.3) is 5.56 Å². The number of morpholine rings is 1. The molecule has 2 N–H and O–H groups in total. The summed E-state index contributed by atoms with van der Waals surface area (Å²) in [6, 6.07) is 1.62. The van der Waals surface area contributed by atoms with Gasteiger partial charge in [-0.05, 0) is 0 Å². The Balaban J connectivity index is 2.02. The first-order chi connectivity index (χ1) is 7.29. The van der Waals surface area contributed by atoms with Crippen LogP contribution < -0.4 is 11.3 Å². The molecule has 1 aromatic heterocycles. The molecule has 0 bridgehead atoms. The molecule has 2 rings (SSSR count). The summed E-state index contributed by atoms with van der Waals surface area (Å²) in [6.07, 6.45) is 0. The van der Waals surface area contributed by atoms with Gasteiger partial charge in [0.15, 0.2) is 0 Å². The molecule has 5 nitrogen and oxygen atoms in total. The van der Waals surface area contributed by atoms with E-state index in [1.807, 2.05) is 0 Å². The number of nitrogens with zero attached hydrogens (tertiary/aromatic N) is 2. The van der Waals surface area contributed by atoms with Crippen molar-refractivity contribution >= 4 is 11.5 Å². The smallest absolute Gasteiger partial charge is 0.262 e. The van der Waals surface area contributed by atoms with Crippen LogP contribution in [0.5, 0.6) is 0 Å². The van der Waals surface area contributed by atoms with Crippen LogP contribution in [0.25, 0.3) is 0 Å². The lowest BCUT2D eigenvalue weighted by molar-refractivity contribution is 0.0247. The van der Waals surface area contributed by atoms with Crippen molar-refractivity contribution in [1.82, 2.24) is 8.86 Å². The van der Waals surface area contributed by atoms with Crippen molar-refractivity contribution in [2.75, 3.05) is 26.3 Å². The first-order valence-electron chi connectivity index (χ1n) is 5.00. The lowest BCUT2D eigenvalue weighted by atomic mass is 10.4. The molecule has 0 radical (unpaired) electrons. The van der Waals surface area contributed by atoms with Crippen LogP contribution in [0.15, 0.2) is 10.9 Å². The first-order valence-corrected chi connectivity index (χ1v) is 5.77. The number of hydrogen-bond donors (Lipinski definition) is 1. The largest absolute Gasteiger partial charge is 0.379 e. The van der Waals surface area contributed by atoms with Crippen LogP contribution >= 0.6 is 11.5 Å². The monoisotopic (exact) mass is 229 g/mol. The van der Waals surface area contributed by atoms with Gasteiger partial charge in [0.05, 0.1) is 19.9 Å². The van der Waals surface area contributed by atoms with E-state index in [0.29, 0.717) is 13.2 Å². The quantitative estimate of drug-likeness (QED) is 0.770. The minimum absolute atomic E-state index is 0.0481. The van der Waals surface area contributed by atoms with Gasteiger partial charge in [-0.25, -0.2) is 3.96 Å². The normalized spacial score (nSPS) is 18.2. The Morgan fingerprint density at radius 2 is 2.20 bits per heavy atom. The lowest BCUT2D eigenvalue weighted by Gasteiger charge is -2.26. The third-order valence-corrected chi connectivity index (χ3v) is 3.43. The predicted octanol–water partition coefficient (Wildman–Crippen LogP) is -0.342. The Labute approximate surface area is 92.2 Å². The fraction of sp³-hybridized carbons (Fsp3) is 0.667. The number of rotatable bonds is 3. The van der Waals surface area contributed by atoms with Crippen LogP contribution in [0.1, 0.15) is 4.88 Å². The molecule has 1 saturated heterocycles. The van der Waals surface area contributed by atoms with Crippen molar-refractivity contribution in [3.05, 3.63) is 21.3 Å². The molecule has 0 atom stereocenters. The average Bonchev–Trinajstić information content (AvgIpc) is 2.61. The molecular weight excluding hydrogens is 214 g/mol. The van der Waals surface area contributed by atoms with E-state index in [-0.39, 0.29) is 5.56 Å². The average molecular weight is 229 g/mol. The van der Waals surface area contributed by atoms with Gasteiger partial charge in [0.1, 0.15) is 0 Å². The van der Waals surface area contributed by atoms with Crippen molar-refractivity contribution in [2.45, 2.75) is 13.2 Å². The molecule has 0 saturated carbocycles. The van der Waals surface area contributed by atoms with E-state index in [2.05, 4.69) is 4.90 Å². The standard InChI is InChI=1S/C9H15N3O2S/c10-6-8-5-9(13)12(15-8)7-11-1-3-14-4-2-11/h5H,1-4,6-7,10H2. The Bertz CT molecular complexity index is 368. The summed E-state index contributed by atoms with van der Waals surface area (Å²) < 4.78 is 6.99. The van der Waals surface area contributed by atoms with E-state index in [1.54, 1.807) is 10.0 Å². The Morgan fingerprint density at radius 3 is 2.80 bits per heavy atom. The SMILES string of the molecule is NCc1cc(=O)n(CN2CCOCC2)s1. The number of aromatic nitrogens is 1. The van der Waals surface area contributed by atoms with E-state index in [4.69, 9.17) is 10.5 Å². The molecule has 2 heterocycles. The number of ether oxygens (including phenoxy) is 1. The van der Waals surface area contributed by atoms with Crippen LogP contribution in [0.3, 0.4) is 0 Å². The van der Waals surface area contributed by atoms with Crippen molar-refractivity contribution < 1.29 is 4.74 Å². The zero-order valence-corrected chi connectivity index (χ0v) is 9.33. The molecule has 0 aliphatic carbocycles. The van der Waals surface area contributed by atoms with Crippen molar-refractivity contribution in [2.24, 2.45) is 5.73 Å². The second kappa shape index (κ2) is 4.89. The zero-order valence-electron chi connectivity index (χ0n) is 8.52. The van der Waals surface area contributed by atoms with E-state index in [0.717, 1.165) is 31.2 Å². The highest BCUT2D eigenvalue weighted by atomic mass is 32.1. The van der Waals surface area contributed by atoms with Gasteiger partial charge in [-0.1, -0.05) is 11.5 Å². The lowest BCUT2D eigenvalue weighted by Crippen LogP contribution is -2.38. The van der Waals surface area contributed by atoms with Gasteiger partial charge in [0, 0.05) is 30.6 Å². The molecular formula is C9H15N3O2S. The third-order valence-electron chi connectivity index (χ3n) is 2.39. The third kappa shape index (κ3) is 2.66. The summed E-state index contributed by atoms with van der Waals surface area (Å²) in [5, 5.41) is 0. The maximum Gasteiger partial charge on any atom is 0.262 e. The van der Waals surface area contributed by atoms with Gasteiger partial charge in [-0.2, -0.15) is 0 Å². The zero-order chi connectivity index (χ0) is 10.7. The molecule has 0 aromatic carbocycles. The van der Waals surface area contributed by atoms with Crippen LogP contribution in [-0.4, -0.2) is 35.2 Å². The molecule has 0 spiro atoms. The predicted molar refractivity (Wildman–Crippen MR) is 58.9 cm³/mol. The Morgan fingerprint density at radius 1 is 1.47 bits per heavy atom. The van der Waals surface area contributed by atoms with E-state index in [1.165, 1.54) is 11.5 Å². The first kappa shape index (κ1) is 10.8. The maximum absolute atomic E-state index is 11.5. The van der Waals surface area contributed by atoms with Crippen LogP contribution in [0.2, 0.25) is 0 Å². The molecule has 1 aromatic rings. The molecule has 1 aliphatic rings. The van der Waals surface area contributed by atoms with Crippen LogP contribution in [0.4, 0.5) is 0 Å². The summed E-state index contributed by atoms with van der Waals surface area (Å²) in [5.41, 5.74) is 5.54. The van der Waals surface area contributed by atoms with Crippen LogP contribution in [0, 0.1) is 0 Å². The van der Waals surface area contributed by atoms with Crippen LogP contribution in [-0.2, 0) is 18.0 Å². The van der Waals surface area contributed by atoms with Crippen molar-refractivity contribution in [3.8, 4) is 0 Å². The molecule has 15 heavy (non-hydrogen) atoms. The summed E-state index contributed by atoms with van der Waals surface area (Å²) in [5.74, 6) is 0. The Hall–Kier alpha value is -0.690. The van der Waals surface area contributed by atoms with E-state index < -0.39 is 0 Å². The summed E-state index contributed by atoms with van der Waals surface area (Å²) in [4.78, 5) is 14.7. The van der Waals surface area contributed by atoms with Crippen molar-refractivity contribution in [1.29, 1.82) is 0 Å². The van der Waals surface area contributed by atoms with Gasteiger partial charge >= 0.3 is 0 Å². The fourth-order valence-corrected chi connectivity index (χ4v) is 2.42. The van der Waals surface area contributed by atoms with Crippen molar-refractivity contribution in [3.63, 3.8) is 0 Å². The fourth-order valence-electron chi connectivity index (χ4n) is 1.54.